The van der Waals surface area contributed by atoms with Crippen molar-refractivity contribution in [1.82, 2.24) is 10.1 Å². The Labute approximate surface area is 155 Å². The van der Waals surface area contributed by atoms with E-state index in [0.717, 1.165) is 27.3 Å². The summed E-state index contributed by atoms with van der Waals surface area (Å²) in [5.74, 6) is 0.492. The summed E-state index contributed by atoms with van der Waals surface area (Å²) in [6, 6.07) is 23.2. The number of benzene rings is 4. The molecule has 0 unspecified atom stereocenters. The molecule has 4 heteroatoms. The van der Waals surface area contributed by atoms with Crippen molar-refractivity contribution in [3.8, 4) is 22.8 Å². The fourth-order valence-corrected chi connectivity index (χ4v) is 3.55. The Morgan fingerprint density at radius 3 is 2.37 bits per heavy atom. The number of nitrogens with zero attached hydrogens (tertiary/aromatic N) is 2. The van der Waals surface area contributed by atoms with Crippen LogP contribution in [0.4, 0.5) is 4.39 Å². The molecule has 5 rings (SSSR count). The van der Waals surface area contributed by atoms with Crippen molar-refractivity contribution in [1.29, 1.82) is 0 Å². The molecule has 1 aromatic heterocycles. The van der Waals surface area contributed by atoms with Crippen LogP contribution in [0, 0.1) is 12.7 Å². The average molecular weight is 354 g/mol. The van der Waals surface area contributed by atoms with Crippen LogP contribution in [0.5, 0.6) is 0 Å². The van der Waals surface area contributed by atoms with Gasteiger partial charge >= 0.3 is 0 Å². The fourth-order valence-electron chi connectivity index (χ4n) is 3.55. The van der Waals surface area contributed by atoms with Gasteiger partial charge in [-0.2, -0.15) is 4.98 Å². The van der Waals surface area contributed by atoms with Gasteiger partial charge in [0.1, 0.15) is 5.82 Å². The number of halogens is 1. The highest BCUT2D eigenvalue weighted by molar-refractivity contribution is 6.13. The predicted molar refractivity (Wildman–Crippen MR) is 105 cm³/mol. The first-order valence-electron chi connectivity index (χ1n) is 8.71. The lowest BCUT2D eigenvalue weighted by Gasteiger charge is -2.07. The summed E-state index contributed by atoms with van der Waals surface area (Å²) < 4.78 is 19.3. The lowest BCUT2D eigenvalue weighted by Crippen LogP contribution is -1.87. The third-order valence-corrected chi connectivity index (χ3v) is 4.72. The van der Waals surface area contributed by atoms with Crippen LogP contribution in [-0.4, -0.2) is 10.1 Å². The molecule has 5 aromatic rings. The van der Waals surface area contributed by atoms with Crippen molar-refractivity contribution in [3.05, 3.63) is 84.2 Å². The van der Waals surface area contributed by atoms with Crippen LogP contribution in [-0.2, 0) is 0 Å². The van der Waals surface area contributed by atoms with Gasteiger partial charge in [-0.15, -0.1) is 0 Å². The van der Waals surface area contributed by atoms with Gasteiger partial charge in [-0.1, -0.05) is 53.7 Å². The number of aryl methyl sites for hydroxylation is 1. The standard InChI is InChI=1S/C23H15FN2O/c1-14-10-16(12-17(24)11-14)22-25-23(27-26-22)21-13-15-6-2-3-7-18(15)19-8-4-5-9-20(19)21/h2-13H,1H3. The van der Waals surface area contributed by atoms with Crippen molar-refractivity contribution < 1.29 is 8.91 Å². The Morgan fingerprint density at radius 2 is 1.56 bits per heavy atom. The largest absolute Gasteiger partial charge is 0.334 e. The Balaban J connectivity index is 1.73. The zero-order chi connectivity index (χ0) is 18.4. The Bertz CT molecular complexity index is 1290. The summed E-state index contributed by atoms with van der Waals surface area (Å²) in [6.45, 7) is 1.84. The maximum absolute atomic E-state index is 13.7. The molecule has 0 fully saturated rings. The summed E-state index contributed by atoms with van der Waals surface area (Å²) >= 11 is 0. The monoisotopic (exact) mass is 354 g/mol. The molecule has 0 N–H and O–H groups in total. The molecule has 0 bridgehead atoms. The number of aromatic nitrogens is 2. The van der Waals surface area contributed by atoms with Gasteiger partial charge in [0.05, 0.1) is 0 Å². The van der Waals surface area contributed by atoms with Crippen molar-refractivity contribution >= 4 is 21.5 Å². The van der Waals surface area contributed by atoms with Gasteiger partial charge in [-0.25, -0.2) is 4.39 Å². The van der Waals surface area contributed by atoms with Crippen LogP contribution >= 0.6 is 0 Å². The average Bonchev–Trinajstić information content (AvgIpc) is 3.17. The zero-order valence-electron chi connectivity index (χ0n) is 14.6. The molecule has 0 radical (unpaired) electrons. The quantitative estimate of drug-likeness (QED) is 0.357. The molecule has 130 valence electrons. The minimum absolute atomic E-state index is 0.312. The van der Waals surface area contributed by atoms with Gasteiger partial charge in [-0.3, -0.25) is 0 Å². The Morgan fingerprint density at radius 1 is 0.815 bits per heavy atom. The Hall–Kier alpha value is -3.53. The molecule has 0 spiro atoms. The van der Waals surface area contributed by atoms with Crippen LogP contribution in [0.2, 0.25) is 0 Å². The third-order valence-electron chi connectivity index (χ3n) is 4.72. The molecule has 0 amide bonds. The first-order chi connectivity index (χ1) is 13.2. The molecule has 0 aliphatic rings. The van der Waals surface area contributed by atoms with Gasteiger partial charge in [0, 0.05) is 11.1 Å². The second kappa shape index (κ2) is 6.02. The highest BCUT2D eigenvalue weighted by Gasteiger charge is 2.15. The number of rotatable bonds is 2. The lowest BCUT2D eigenvalue weighted by molar-refractivity contribution is 0.432. The predicted octanol–water partition coefficient (Wildman–Crippen LogP) is 6.16. The van der Waals surface area contributed by atoms with E-state index in [-0.39, 0.29) is 5.82 Å². The molecular formula is C23H15FN2O. The number of hydrogen-bond acceptors (Lipinski definition) is 3. The zero-order valence-corrected chi connectivity index (χ0v) is 14.6. The van der Waals surface area contributed by atoms with E-state index >= 15 is 0 Å². The van der Waals surface area contributed by atoms with Crippen LogP contribution in [0.3, 0.4) is 0 Å². The van der Waals surface area contributed by atoms with E-state index in [4.69, 9.17) is 4.52 Å². The summed E-state index contributed by atoms with van der Waals surface area (Å²) in [4.78, 5) is 4.55. The van der Waals surface area contributed by atoms with Gasteiger partial charge in [0.15, 0.2) is 0 Å². The number of hydrogen-bond donors (Lipinski definition) is 0. The fraction of sp³-hybridized carbons (Fsp3) is 0.0435. The smallest absolute Gasteiger partial charge is 0.258 e. The van der Waals surface area contributed by atoms with Crippen molar-refractivity contribution in [2.45, 2.75) is 6.92 Å². The summed E-state index contributed by atoms with van der Waals surface area (Å²) in [7, 11) is 0. The normalized spacial score (nSPS) is 11.3. The summed E-state index contributed by atoms with van der Waals surface area (Å²) in [5, 5.41) is 8.54. The van der Waals surface area contributed by atoms with E-state index in [9.17, 15) is 4.39 Å². The van der Waals surface area contributed by atoms with E-state index < -0.39 is 0 Å². The topological polar surface area (TPSA) is 38.9 Å². The first-order valence-corrected chi connectivity index (χ1v) is 8.71. The van der Waals surface area contributed by atoms with E-state index in [1.807, 2.05) is 43.3 Å². The van der Waals surface area contributed by atoms with Crippen molar-refractivity contribution in [2.24, 2.45) is 0 Å². The number of fused-ring (bicyclic) bond motifs is 3. The first kappa shape index (κ1) is 15.7. The van der Waals surface area contributed by atoms with Crippen LogP contribution in [0.15, 0.2) is 77.3 Å². The van der Waals surface area contributed by atoms with E-state index in [1.165, 1.54) is 17.5 Å². The summed E-state index contributed by atoms with van der Waals surface area (Å²) in [5.41, 5.74) is 2.29. The third kappa shape index (κ3) is 2.66. The maximum Gasteiger partial charge on any atom is 0.258 e. The van der Waals surface area contributed by atoms with Crippen molar-refractivity contribution in [2.75, 3.05) is 0 Å². The van der Waals surface area contributed by atoms with E-state index in [2.05, 4.69) is 34.4 Å². The van der Waals surface area contributed by atoms with Gasteiger partial charge < -0.3 is 4.52 Å². The SMILES string of the molecule is Cc1cc(F)cc(-c2noc(-c3cc4ccccc4c4ccccc34)n2)c1. The second-order valence-electron chi connectivity index (χ2n) is 6.63. The molecular weight excluding hydrogens is 339 g/mol. The molecule has 0 aliphatic carbocycles. The molecule has 0 aliphatic heterocycles. The minimum atomic E-state index is -0.312. The molecule has 1 heterocycles. The van der Waals surface area contributed by atoms with Crippen LogP contribution < -0.4 is 0 Å². The van der Waals surface area contributed by atoms with E-state index in [1.54, 1.807) is 0 Å². The van der Waals surface area contributed by atoms with Crippen LogP contribution in [0.25, 0.3) is 44.4 Å². The molecule has 3 nitrogen and oxygen atoms in total. The lowest BCUT2D eigenvalue weighted by atomic mass is 9.97. The van der Waals surface area contributed by atoms with Crippen molar-refractivity contribution in [3.63, 3.8) is 0 Å². The van der Waals surface area contributed by atoms with Gasteiger partial charge in [0.2, 0.25) is 5.82 Å². The second-order valence-corrected chi connectivity index (χ2v) is 6.63. The van der Waals surface area contributed by atoms with Crippen LogP contribution in [0.1, 0.15) is 5.56 Å². The van der Waals surface area contributed by atoms with E-state index in [0.29, 0.717) is 17.3 Å². The molecule has 0 saturated carbocycles. The molecule has 0 atom stereocenters. The van der Waals surface area contributed by atoms with Gasteiger partial charge in [0.25, 0.3) is 5.89 Å². The molecule has 0 saturated heterocycles. The van der Waals surface area contributed by atoms with Gasteiger partial charge in [-0.05, 0) is 58.3 Å². The highest BCUT2D eigenvalue weighted by atomic mass is 19.1. The molecule has 4 aromatic carbocycles. The highest BCUT2D eigenvalue weighted by Crippen LogP contribution is 2.34. The minimum Gasteiger partial charge on any atom is -0.334 e. The molecule has 27 heavy (non-hydrogen) atoms. The Kier molecular flexibility index (Phi) is 3.50. The maximum atomic E-state index is 13.7. The summed E-state index contributed by atoms with van der Waals surface area (Å²) in [6.07, 6.45) is 0.